The molecule has 2 unspecified atom stereocenters. The molecule has 2 atom stereocenters. The fraction of sp³-hybridized carbons (Fsp3) is 0.478. The highest BCUT2D eigenvalue weighted by molar-refractivity contribution is 6.03. The number of nitrogens with one attached hydrogen (secondary N) is 1. The van der Waals surface area contributed by atoms with Crippen LogP contribution in [0.15, 0.2) is 30.3 Å². The van der Waals surface area contributed by atoms with Gasteiger partial charge in [-0.2, -0.15) is 4.98 Å². The summed E-state index contributed by atoms with van der Waals surface area (Å²) in [5.74, 6) is 1.12. The van der Waals surface area contributed by atoms with Crippen LogP contribution in [0.1, 0.15) is 49.2 Å². The van der Waals surface area contributed by atoms with Gasteiger partial charge in [-0.3, -0.25) is 9.59 Å². The molecule has 2 aromatic rings. The average Bonchev–Trinajstić information content (AvgIpc) is 2.74. The molecule has 1 aliphatic carbocycles. The van der Waals surface area contributed by atoms with Gasteiger partial charge in [0.15, 0.2) is 5.78 Å². The molecule has 1 aromatic carbocycles. The third-order valence-electron chi connectivity index (χ3n) is 5.69. The van der Waals surface area contributed by atoms with Crippen LogP contribution in [-0.4, -0.2) is 41.4 Å². The van der Waals surface area contributed by atoms with E-state index >= 15 is 0 Å². The second-order valence-corrected chi connectivity index (χ2v) is 8.16. The molecule has 30 heavy (non-hydrogen) atoms. The van der Waals surface area contributed by atoms with Crippen molar-refractivity contribution in [2.45, 2.75) is 39.5 Å². The maximum atomic E-state index is 12.8. The summed E-state index contributed by atoms with van der Waals surface area (Å²) < 4.78 is 5.22. The third-order valence-corrected chi connectivity index (χ3v) is 5.69. The number of benzene rings is 1. The minimum atomic E-state index is -0.176. The summed E-state index contributed by atoms with van der Waals surface area (Å²) in [5, 5.41) is 3.32. The molecule has 2 aliphatic rings. The zero-order valence-corrected chi connectivity index (χ0v) is 17.6. The largest absolute Gasteiger partial charge is 0.466 e. The fourth-order valence-corrected chi connectivity index (χ4v) is 4.26. The number of carbonyl (C=O) groups excluding carboxylic acids is 2. The van der Waals surface area contributed by atoms with Crippen molar-refractivity contribution >= 4 is 29.2 Å². The van der Waals surface area contributed by atoms with E-state index in [9.17, 15) is 9.59 Å². The van der Waals surface area contributed by atoms with Crippen molar-refractivity contribution in [2.24, 2.45) is 11.8 Å². The second-order valence-electron chi connectivity index (χ2n) is 8.16. The smallest absolute Gasteiger partial charge is 0.310 e. The molecule has 7 heteroatoms. The molecule has 1 aliphatic heterocycles. The van der Waals surface area contributed by atoms with Crippen LogP contribution in [0, 0.1) is 11.8 Å². The highest BCUT2D eigenvalue weighted by Gasteiger charge is 2.32. The van der Waals surface area contributed by atoms with Gasteiger partial charge in [-0.05, 0) is 44.2 Å². The number of rotatable bonds is 5. The van der Waals surface area contributed by atoms with E-state index in [0.717, 1.165) is 37.2 Å². The molecule has 4 rings (SSSR count). The second kappa shape index (κ2) is 8.81. The van der Waals surface area contributed by atoms with Gasteiger partial charge in [-0.1, -0.05) is 25.1 Å². The van der Waals surface area contributed by atoms with Crippen LogP contribution >= 0.6 is 0 Å². The number of fused-ring (bicyclic) bond motifs is 1. The maximum absolute atomic E-state index is 12.8. The molecule has 1 saturated heterocycles. The Morgan fingerprint density at radius 1 is 1.23 bits per heavy atom. The monoisotopic (exact) mass is 408 g/mol. The zero-order valence-electron chi connectivity index (χ0n) is 17.6. The number of para-hydroxylation sites is 1. The van der Waals surface area contributed by atoms with E-state index in [1.54, 1.807) is 0 Å². The number of Topliss-reactive ketones (excluding diaryl/α,β-unsaturated/α-hetero) is 1. The van der Waals surface area contributed by atoms with Gasteiger partial charge >= 0.3 is 5.97 Å². The minimum Gasteiger partial charge on any atom is -0.466 e. The molecule has 7 nitrogen and oxygen atoms in total. The Kier molecular flexibility index (Phi) is 5.97. The van der Waals surface area contributed by atoms with Gasteiger partial charge in [0.25, 0.3) is 0 Å². The summed E-state index contributed by atoms with van der Waals surface area (Å²) in [6, 6.07) is 9.72. The molecule has 0 spiro atoms. The van der Waals surface area contributed by atoms with Crippen LogP contribution < -0.4 is 10.2 Å². The number of carbonyl (C=O) groups is 2. The lowest BCUT2D eigenvalue weighted by atomic mass is 9.87. The summed E-state index contributed by atoms with van der Waals surface area (Å²) in [7, 11) is 0. The Morgan fingerprint density at radius 2 is 2.03 bits per heavy atom. The molecular weight excluding hydrogens is 380 g/mol. The molecule has 0 bridgehead atoms. The summed E-state index contributed by atoms with van der Waals surface area (Å²) in [6.07, 6.45) is 2.94. The molecule has 0 radical (unpaired) electrons. The number of esters is 1. The summed E-state index contributed by atoms with van der Waals surface area (Å²) in [5.41, 5.74) is 2.26. The predicted molar refractivity (Wildman–Crippen MR) is 115 cm³/mol. The normalized spacial score (nSPS) is 21.1. The molecule has 1 N–H and O–H groups in total. The summed E-state index contributed by atoms with van der Waals surface area (Å²) in [4.78, 5) is 36.6. The number of ketones is 1. The van der Waals surface area contributed by atoms with Crippen LogP contribution in [0.3, 0.4) is 0 Å². The molecular formula is C23H28N4O3. The van der Waals surface area contributed by atoms with Crippen molar-refractivity contribution in [3.8, 4) is 0 Å². The Balaban J connectivity index is 1.68. The fourth-order valence-electron chi connectivity index (χ4n) is 4.26. The SMILES string of the molecule is CCOC(=O)C1CCCN(c2nc3c(c(Nc4ccccc4)n2)C(=O)CC(C)C3)C1. The number of hydrogen-bond acceptors (Lipinski definition) is 7. The van der Waals surface area contributed by atoms with Gasteiger partial charge in [-0.15, -0.1) is 0 Å². The van der Waals surface area contributed by atoms with Crippen molar-refractivity contribution < 1.29 is 14.3 Å². The van der Waals surface area contributed by atoms with Crippen molar-refractivity contribution in [3.63, 3.8) is 0 Å². The number of anilines is 3. The van der Waals surface area contributed by atoms with Crippen LogP contribution in [0.4, 0.5) is 17.5 Å². The molecule has 0 saturated carbocycles. The van der Waals surface area contributed by atoms with E-state index in [1.165, 1.54) is 0 Å². The topological polar surface area (TPSA) is 84.4 Å². The van der Waals surface area contributed by atoms with E-state index in [0.29, 0.717) is 36.9 Å². The van der Waals surface area contributed by atoms with Crippen molar-refractivity contribution in [3.05, 3.63) is 41.6 Å². The third kappa shape index (κ3) is 4.30. The first-order chi connectivity index (χ1) is 14.5. The Hall–Kier alpha value is -2.96. The van der Waals surface area contributed by atoms with Gasteiger partial charge in [0.1, 0.15) is 5.82 Å². The lowest BCUT2D eigenvalue weighted by Gasteiger charge is -2.33. The summed E-state index contributed by atoms with van der Waals surface area (Å²) in [6.45, 7) is 5.60. The molecule has 0 amide bonds. The number of piperidine rings is 1. The predicted octanol–water partition coefficient (Wildman–Crippen LogP) is 3.76. The molecule has 2 heterocycles. The van der Waals surface area contributed by atoms with E-state index in [2.05, 4.69) is 12.2 Å². The first-order valence-electron chi connectivity index (χ1n) is 10.7. The van der Waals surface area contributed by atoms with Gasteiger partial charge in [0.2, 0.25) is 5.95 Å². The number of nitrogens with zero attached hydrogens (tertiary/aromatic N) is 3. The summed E-state index contributed by atoms with van der Waals surface area (Å²) >= 11 is 0. The zero-order chi connectivity index (χ0) is 21.1. The first kappa shape index (κ1) is 20.3. The van der Waals surface area contributed by atoms with Gasteiger partial charge < -0.3 is 15.0 Å². The van der Waals surface area contributed by atoms with Crippen LogP contribution in [-0.2, 0) is 16.0 Å². The average molecular weight is 409 g/mol. The minimum absolute atomic E-state index is 0.0803. The molecule has 158 valence electrons. The highest BCUT2D eigenvalue weighted by atomic mass is 16.5. The Bertz CT molecular complexity index is 932. The van der Waals surface area contributed by atoms with Gasteiger partial charge in [0.05, 0.1) is 23.8 Å². The number of ether oxygens (including phenoxy) is 1. The maximum Gasteiger partial charge on any atom is 0.310 e. The van der Waals surface area contributed by atoms with Crippen molar-refractivity contribution in [1.82, 2.24) is 9.97 Å². The lowest BCUT2D eigenvalue weighted by Crippen LogP contribution is -2.40. The van der Waals surface area contributed by atoms with Crippen molar-refractivity contribution in [1.29, 1.82) is 0 Å². The van der Waals surface area contributed by atoms with Crippen LogP contribution in [0.5, 0.6) is 0 Å². The molecule has 1 fully saturated rings. The van der Waals surface area contributed by atoms with E-state index < -0.39 is 0 Å². The van der Waals surface area contributed by atoms with E-state index in [1.807, 2.05) is 42.2 Å². The lowest BCUT2D eigenvalue weighted by molar-refractivity contribution is -0.148. The number of hydrogen-bond donors (Lipinski definition) is 1. The Morgan fingerprint density at radius 3 is 2.80 bits per heavy atom. The van der Waals surface area contributed by atoms with Crippen LogP contribution in [0.25, 0.3) is 0 Å². The van der Waals surface area contributed by atoms with Crippen LogP contribution in [0.2, 0.25) is 0 Å². The number of aromatic nitrogens is 2. The van der Waals surface area contributed by atoms with Crippen molar-refractivity contribution in [2.75, 3.05) is 29.9 Å². The quantitative estimate of drug-likeness (QED) is 0.754. The first-order valence-corrected chi connectivity index (χ1v) is 10.7. The van der Waals surface area contributed by atoms with Gasteiger partial charge in [0, 0.05) is 25.2 Å². The van der Waals surface area contributed by atoms with E-state index in [-0.39, 0.29) is 23.6 Å². The molecule has 1 aromatic heterocycles. The highest BCUT2D eigenvalue weighted by Crippen LogP contribution is 2.33. The Labute approximate surface area is 176 Å². The van der Waals surface area contributed by atoms with E-state index in [4.69, 9.17) is 14.7 Å². The van der Waals surface area contributed by atoms with Gasteiger partial charge in [-0.25, -0.2) is 4.98 Å². The standard InChI is InChI=1S/C23H28N4O3/c1-3-30-22(29)16-8-7-11-27(14-16)23-25-18-12-15(2)13-19(28)20(18)21(26-23)24-17-9-5-4-6-10-17/h4-6,9-10,15-16H,3,7-8,11-14H2,1-2H3,(H,24,25,26).